The number of fused-ring (bicyclic) bond motifs is 1. The van der Waals surface area contributed by atoms with Crippen LogP contribution in [-0.2, 0) is 28.5 Å². The molecule has 0 aliphatic carbocycles. The van der Waals surface area contributed by atoms with Crippen molar-refractivity contribution in [1.82, 2.24) is 0 Å². The van der Waals surface area contributed by atoms with Crippen molar-refractivity contribution in [2.24, 2.45) is 0 Å². The van der Waals surface area contributed by atoms with Gasteiger partial charge < -0.3 is 83.9 Å². The number of carboxylic acid groups (broad SMARTS) is 1. The van der Waals surface area contributed by atoms with Gasteiger partial charge in [-0.3, -0.25) is 14.4 Å². The number of ether oxygens (including phenoxy) is 6. The second-order valence-corrected chi connectivity index (χ2v) is 12.9. The lowest BCUT2D eigenvalue weighted by Gasteiger charge is -2.42. The lowest BCUT2D eigenvalue weighted by molar-refractivity contribution is -0.319. The van der Waals surface area contributed by atoms with Crippen molar-refractivity contribution in [3.8, 4) is 40.1 Å². The van der Waals surface area contributed by atoms with E-state index in [-0.39, 0.29) is 16.9 Å². The lowest BCUT2D eigenvalue weighted by Crippen LogP contribution is -2.62. The zero-order valence-electron chi connectivity index (χ0n) is 28.0. The van der Waals surface area contributed by atoms with Crippen molar-refractivity contribution < 1.29 is 93.5 Å². The van der Waals surface area contributed by atoms with Gasteiger partial charge in [-0.1, -0.05) is 0 Å². The van der Waals surface area contributed by atoms with Crippen LogP contribution in [-0.4, -0.2) is 144 Å². The number of carbonyl (C=O) groups excluding carboxylic acids is 1. The van der Waals surface area contributed by atoms with E-state index in [1.807, 2.05) is 0 Å². The summed E-state index contributed by atoms with van der Waals surface area (Å²) < 4.78 is 39.0. The number of phenols is 3. The van der Waals surface area contributed by atoms with E-state index in [2.05, 4.69) is 0 Å². The largest absolute Gasteiger partial charge is 0.507 e. The summed E-state index contributed by atoms with van der Waals surface area (Å²) in [5.41, 5.74) is -5.59. The normalized spacial score (nSPS) is 28.3. The first-order valence-corrected chi connectivity index (χ1v) is 15.8. The van der Waals surface area contributed by atoms with E-state index in [0.717, 1.165) is 25.1 Å². The first-order chi connectivity index (χ1) is 24.9. The number of esters is 1. The fourth-order valence-corrected chi connectivity index (χ4v) is 5.73. The highest BCUT2D eigenvalue weighted by molar-refractivity contribution is 5.88. The SMILES string of the molecule is COc1cc(O)c2c(=O)c(O[C@@H]3O[C@H](COC(=O)CC(C)(O)CC(=O)O)[C@H](O)[C@H](O)[C@H]3O[C@@H]3OC[C@](O)(CO)[C@H]3O)c(-c3ccc(O)c(O)c3)oc2c1. The van der Waals surface area contributed by atoms with Gasteiger partial charge in [0.05, 0.1) is 38.8 Å². The zero-order valence-corrected chi connectivity index (χ0v) is 28.0. The standard InChI is InChI=1S/C33H38O20/c1-32(45,8-20(38)39)9-21(40)48-10-19-23(41)25(43)28(53-31-29(44)33(46,11-34)12-49-31)30(51-19)52-27-24(42)22-17(37)6-14(47-2)7-18(22)50-26(27)13-3-4-15(35)16(36)5-13/h3-7,19,23,25,28-31,34-37,41,43-46H,8-12H2,1-2H3,(H,38,39)/t19-,23+,25+,28-,29+,30+,31+,32?,33-/m1/s1. The Bertz CT molecular complexity index is 1890. The van der Waals surface area contributed by atoms with Crippen LogP contribution in [0.5, 0.6) is 28.7 Å². The third-order valence-electron chi connectivity index (χ3n) is 8.60. The molecule has 9 atom stereocenters. The number of rotatable bonds is 13. The van der Waals surface area contributed by atoms with E-state index >= 15 is 0 Å². The molecule has 0 bridgehead atoms. The van der Waals surface area contributed by atoms with Crippen LogP contribution in [0.15, 0.2) is 39.5 Å². The fourth-order valence-electron chi connectivity index (χ4n) is 5.73. The molecule has 53 heavy (non-hydrogen) atoms. The number of phenolic OH excluding ortho intramolecular Hbond substituents is 3. The van der Waals surface area contributed by atoms with Gasteiger partial charge >= 0.3 is 11.9 Å². The molecule has 2 aliphatic heterocycles. The number of carbonyl (C=O) groups is 2. The molecule has 2 fully saturated rings. The maximum absolute atomic E-state index is 14.1. The number of benzene rings is 2. The van der Waals surface area contributed by atoms with Crippen LogP contribution in [0.4, 0.5) is 0 Å². The highest BCUT2D eigenvalue weighted by atomic mass is 16.8. The van der Waals surface area contributed by atoms with Gasteiger partial charge in [0.25, 0.3) is 0 Å². The van der Waals surface area contributed by atoms with Crippen LogP contribution in [0, 0.1) is 0 Å². The molecule has 0 saturated carbocycles. The quantitative estimate of drug-likeness (QED) is 0.0693. The minimum Gasteiger partial charge on any atom is -0.507 e. The first kappa shape index (κ1) is 39.4. The molecule has 290 valence electrons. The van der Waals surface area contributed by atoms with E-state index < -0.39 is 138 Å². The van der Waals surface area contributed by atoms with Gasteiger partial charge in [-0.25, -0.2) is 0 Å². The first-order valence-electron chi connectivity index (χ1n) is 15.8. The topological polar surface area (TPSA) is 322 Å². The zero-order chi connectivity index (χ0) is 39.0. The number of aliphatic hydroxyl groups excluding tert-OH is 4. The minimum absolute atomic E-state index is 0.0762. The van der Waals surface area contributed by atoms with Gasteiger partial charge in [0, 0.05) is 17.7 Å². The van der Waals surface area contributed by atoms with Gasteiger partial charge in [0.2, 0.25) is 17.5 Å². The summed E-state index contributed by atoms with van der Waals surface area (Å²) in [6, 6.07) is 5.63. The summed E-state index contributed by atoms with van der Waals surface area (Å²) in [5.74, 6) is -5.46. The summed E-state index contributed by atoms with van der Waals surface area (Å²) in [5, 5.41) is 103. The molecular formula is C33H38O20. The summed E-state index contributed by atoms with van der Waals surface area (Å²) >= 11 is 0. The number of aliphatic carboxylic acids is 1. The number of hydrogen-bond acceptors (Lipinski definition) is 19. The maximum atomic E-state index is 14.1. The highest BCUT2D eigenvalue weighted by Crippen LogP contribution is 2.40. The van der Waals surface area contributed by atoms with Crippen LogP contribution >= 0.6 is 0 Å². The van der Waals surface area contributed by atoms with Crippen LogP contribution in [0.2, 0.25) is 0 Å². The Morgan fingerprint density at radius 3 is 2.34 bits per heavy atom. The summed E-state index contributed by atoms with van der Waals surface area (Å²) in [6.07, 6.45) is -15.0. The molecule has 3 aromatic rings. The molecule has 1 unspecified atom stereocenters. The Morgan fingerprint density at radius 1 is 1.00 bits per heavy atom. The molecule has 20 heteroatoms. The van der Waals surface area contributed by atoms with Crippen molar-refractivity contribution in [3.63, 3.8) is 0 Å². The van der Waals surface area contributed by atoms with Crippen molar-refractivity contribution in [1.29, 1.82) is 0 Å². The van der Waals surface area contributed by atoms with Crippen molar-refractivity contribution in [2.75, 3.05) is 26.9 Å². The molecule has 2 saturated heterocycles. The maximum Gasteiger partial charge on any atom is 0.308 e. The molecule has 2 aliphatic rings. The van der Waals surface area contributed by atoms with Gasteiger partial charge in [0.15, 0.2) is 29.7 Å². The minimum atomic E-state index is -2.20. The molecule has 0 radical (unpaired) electrons. The average molecular weight is 755 g/mol. The second kappa shape index (κ2) is 15.3. The number of carboxylic acids is 1. The van der Waals surface area contributed by atoms with E-state index in [1.165, 1.54) is 19.2 Å². The van der Waals surface area contributed by atoms with Crippen molar-refractivity contribution in [3.05, 3.63) is 40.6 Å². The molecule has 5 rings (SSSR count). The van der Waals surface area contributed by atoms with Crippen LogP contribution in [0.25, 0.3) is 22.3 Å². The number of hydrogen-bond donors (Lipinski definition) is 10. The Hall–Kier alpha value is -4.77. The number of methoxy groups -OCH3 is 1. The second-order valence-electron chi connectivity index (χ2n) is 12.9. The lowest BCUT2D eigenvalue weighted by atomic mass is 9.97. The van der Waals surface area contributed by atoms with E-state index in [1.54, 1.807) is 0 Å². The van der Waals surface area contributed by atoms with Crippen LogP contribution in [0.1, 0.15) is 19.8 Å². The van der Waals surface area contributed by atoms with E-state index in [0.29, 0.717) is 0 Å². The number of aromatic hydroxyl groups is 3. The van der Waals surface area contributed by atoms with Gasteiger partial charge in [-0.05, 0) is 25.1 Å². The summed E-state index contributed by atoms with van der Waals surface area (Å²) in [4.78, 5) is 37.6. The van der Waals surface area contributed by atoms with Gasteiger partial charge in [-0.2, -0.15) is 0 Å². The number of aliphatic hydroxyl groups is 6. The molecule has 2 aromatic carbocycles. The summed E-state index contributed by atoms with van der Waals surface area (Å²) in [7, 11) is 1.29. The molecule has 3 heterocycles. The van der Waals surface area contributed by atoms with E-state index in [4.69, 9.17) is 37.9 Å². The van der Waals surface area contributed by atoms with Crippen LogP contribution in [0.3, 0.4) is 0 Å². The van der Waals surface area contributed by atoms with Crippen LogP contribution < -0.4 is 14.9 Å². The molecule has 0 spiro atoms. The Balaban J connectivity index is 1.56. The van der Waals surface area contributed by atoms with Gasteiger partial charge in [0.1, 0.15) is 59.1 Å². The Morgan fingerprint density at radius 2 is 1.72 bits per heavy atom. The predicted molar refractivity (Wildman–Crippen MR) is 172 cm³/mol. The molecule has 1 aromatic heterocycles. The Kier molecular flexibility index (Phi) is 11.4. The third-order valence-corrected chi connectivity index (χ3v) is 8.60. The monoisotopic (exact) mass is 754 g/mol. The molecule has 20 nitrogen and oxygen atoms in total. The highest BCUT2D eigenvalue weighted by Gasteiger charge is 2.54. The molecule has 10 N–H and O–H groups in total. The average Bonchev–Trinajstić information content (AvgIpc) is 3.37. The van der Waals surface area contributed by atoms with Gasteiger partial charge in [-0.15, -0.1) is 0 Å². The predicted octanol–water partition coefficient (Wildman–Crippen LogP) is -1.60. The fraction of sp³-hybridized carbons (Fsp3) is 0.485. The molecule has 0 amide bonds. The Labute approximate surface area is 298 Å². The smallest absolute Gasteiger partial charge is 0.308 e. The summed E-state index contributed by atoms with van der Waals surface area (Å²) in [6.45, 7) is -1.37. The van der Waals surface area contributed by atoms with Crippen molar-refractivity contribution in [2.45, 2.75) is 74.1 Å². The van der Waals surface area contributed by atoms with E-state index in [9.17, 15) is 60.3 Å². The van der Waals surface area contributed by atoms with Crippen molar-refractivity contribution >= 4 is 22.9 Å². The third kappa shape index (κ3) is 8.25. The molecular weight excluding hydrogens is 716 g/mol.